The van der Waals surface area contributed by atoms with E-state index < -0.39 is 11.6 Å². The first-order valence-corrected chi connectivity index (χ1v) is 11.6. The van der Waals surface area contributed by atoms with Crippen LogP contribution in [-0.4, -0.2) is 34.0 Å². The summed E-state index contributed by atoms with van der Waals surface area (Å²) in [5.74, 6) is -0.118. The average molecular weight is 467 g/mol. The van der Waals surface area contributed by atoms with E-state index in [1.165, 1.54) is 11.8 Å². The van der Waals surface area contributed by atoms with E-state index in [0.29, 0.717) is 22.0 Å². The number of halogens is 2. The summed E-state index contributed by atoms with van der Waals surface area (Å²) in [5.41, 5.74) is 0.237. The van der Waals surface area contributed by atoms with Crippen LogP contribution in [0.2, 0.25) is 10.0 Å². The van der Waals surface area contributed by atoms with E-state index in [4.69, 9.17) is 23.2 Å². The van der Waals surface area contributed by atoms with Gasteiger partial charge in [0.15, 0.2) is 0 Å². The Morgan fingerprint density at radius 2 is 1.63 bits per heavy atom. The number of carbonyl (C=O) groups excluding carboxylic acids is 2. The van der Waals surface area contributed by atoms with Gasteiger partial charge < -0.3 is 10.2 Å². The van der Waals surface area contributed by atoms with Crippen LogP contribution in [0.5, 0.6) is 0 Å². The zero-order chi connectivity index (χ0) is 22.3. The van der Waals surface area contributed by atoms with Crippen molar-refractivity contribution >= 4 is 46.8 Å². The zero-order valence-corrected chi connectivity index (χ0v) is 20.1. The van der Waals surface area contributed by atoms with E-state index in [2.05, 4.69) is 5.32 Å². The molecule has 0 radical (unpaired) electrons. The summed E-state index contributed by atoms with van der Waals surface area (Å²) >= 11 is 14.2. The summed E-state index contributed by atoms with van der Waals surface area (Å²) < 4.78 is 0. The average Bonchev–Trinajstić information content (AvgIpc) is 2.67. The molecule has 162 valence electrons. The van der Waals surface area contributed by atoms with Crippen LogP contribution in [-0.2, 0) is 16.1 Å². The highest BCUT2D eigenvalue weighted by molar-refractivity contribution is 8.00. The van der Waals surface area contributed by atoms with Crippen LogP contribution < -0.4 is 5.32 Å². The molecule has 2 rings (SSSR count). The number of carbonyl (C=O) groups is 2. The van der Waals surface area contributed by atoms with Crippen LogP contribution in [0.25, 0.3) is 0 Å². The monoisotopic (exact) mass is 466 g/mol. The molecule has 0 aliphatic rings. The molecule has 2 aromatic rings. The highest BCUT2D eigenvalue weighted by Gasteiger charge is 2.31. The molecule has 0 spiro atoms. The van der Waals surface area contributed by atoms with Crippen LogP contribution >= 0.6 is 35.0 Å². The van der Waals surface area contributed by atoms with Crippen LogP contribution in [0.1, 0.15) is 39.7 Å². The predicted octanol–water partition coefficient (Wildman–Crippen LogP) is 5.81. The van der Waals surface area contributed by atoms with Gasteiger partial charge in [0.05, 0.1) is 5.75 Å². The molecule has 0 aliphatic heterocycles. The fraction of sp³-hybridized carbons (Fsp3) is 0.391. The van der Waals surface area contributed by atoms with Crippen LogP contribution in [0.15, 0.2) is 53.4 Å². The van der Waals surface area contributed by atoms with Crippen molar-refractivity contribution in [2.45, 2.75) is 57.1 Å². The summed E-state index contributed by atoms with van der Waals surface area (Å²) in [6.07, 6.45) is 0.478. The number of nitrogens with zero attached hydrogens (tertiary/aromatic N) is 1. The number of thioether (sulfide) groups is 1. The molecule has 1 atom stereocenters. The van der Waals surface area contributed by atoms with E-state index in [-0.39, 0.29) is 24.1 Å². The Balaban J connectivity index is 2.30. The Morgan fingerprint density at radius 3 is 2.17 bits per heavy atom. The van der Waals surface area contributed by atoms with E-state index >= 15 is 0 Å². The molecule has 30 heavy (non-hydrogen) atoms. The van der Waals surface area contributed by atoms with Crippen molar-refractivity contribution in [2.75, 3.05) is 5.75 Å². The number of nitrogens with one attached hydrogen (secondary N) is 1. The third-order valence-electron chi connectivity index (χ3n) is 4.38. The molecular formula is C23H28Cl2N2O2S. The Kier molecular flexibility index (Phi) is 9.08. The molecule has 0 bridgehead atoms. The van der Waals surface area contributed by atoms with Gasteiger partial charge in [-0.25, -0.2) is 0 Å². The SMILES string of the molecule is CC[C@@H](C(=O)NC(C)(C)C)N(Cc1c(Cl)cccc1Cl)C(=O)CSc1ccccc1. The van der Waals surface area contributed by atoms with E-state index in [1.807, 2.05) is 58.0 Å². The standard InChI is InChI=1S/C23H28Cl2N2O2S/c1-5-20(22(29)26-23(2,3)4)27(14-17-18(24)12-9-13-19(17)25)21(28)15-30-16-10-7-6-8-11-16/h6-13,20H,5,14-15H2,1-4H3,(H,26,29)/t20-/m0/s1. The molecule has 0 unspecified atom stereocenters. The zero-order valence-electron chi connectivity index (χ0n) is 17.7. The first-order chi connectivity index (χ1) is 14.1. The number of benzene rings is 2. The van der Waals surface area contributed by atoms with Crippen molar-refractivity contribution in [1.82, 2.24) is 10.2 Å². The van der Waals surface area contributed by atoms with E-state index in [0.717, 1.165) is 4.90 Å². The van der Waals surface area contributed by atoms with Crippen molar-refractivity contribution in [3.63, 3.8) is 0 Å². The summed E-state index contributed by atoms with van der Waals surface area (Å²) in [6, 6.07) is 14.3. The topological polar surface area (TPSA) is 49.4 Å². The largest absolute Gasteiger partial charge is 0.350 e. The first-order valence-electron chi connectivity index (χ1n) is 9.84. The molecule has 7 heteroatoms. The Bertz CT molecular complexity index is 849. The van der Waals surface area contributed by atoms with E-state index in [1.54, 1.807) is 23.1 Å². The highest BCUT2D eigenvalue weighted by Crippen LogP contribution is 2.28. The molecule has 0 fully saturated rings. The number of hydrogen-bond donors (Lipinski definition) is 1. The van der Waals surface area contributed by atoms with Gasteiger partial charge in [0.1, 0.15) is 6.04 Å². The molecular weight excluding hydrogens is 439 g/mol. The second-order valence-electron chi connectivity index (χ2n) is 7.99. The smallest absolute Gasteiger partial charge is 0.243 e. The van der Waals surface area contributed by atoms with Gasteiger partial charge in [-0.05, 0) is 51.5 Å². The van der Waals surface area contributed by atoms with Gasteiger partial charge in [-0.1, -0.05) is 54.4 Å². The third-order valence-corrected chi connectivity index (χ3v) is 6.08. The lowest BCUT2D eigenvalue weighted by Gasteiger charge is -2.33. The number of amides is 2. The maximum absolute atomic E-state index is 13.3. The lowest BCUT2D eigenvalue weighted by Crippen LogP contribution is -2.53. The Morgan fingerprint density at radius 1 is 1.03 bits per heavy atom. The summed E-state index contributed by atoms with van der Waals surface area (Å²) in [4.78, 5) is 28.8. The molecule has 1 N–H and O–H groups in total. The van der Waals surface area contributed by atoms with Crippen molar-refractivity contribution in [3.05, 3.63) is 64.1 Å². The van der Waals surface area contributed by atoms with Gasteiger partial charge in [-0.2, -0.15) is 0 Å². The molecule has 0 heterocycles. The minimum absolute atomic E-state index is 0.143. The molecule has 0 aromatic heterocycles. The van der Waals surface area contributed by atoms with Gasteiger partial charge in [-0.15, -0.1) is 11.8 Å². The third kappa shape index (κ3) is 7.22. The maximum atomic E-state index is 13.3. The molecule has 2 amide bonds. The highest BCUT2D eigenvalue weighted by atomic mass is 35.5. The van der Waals surface area contributed by atoms with Gasteiger partial charge in [0.2, 0.25) is 11.8 Å². The molecule has 0 saturated heterocycles. The number of hydrogen-bond acceptors (Lipinski definition) is 3. The second-order valence-corrected chi connectivity index (χ2v) is 9.85. The second kappa shape index (κ2) is 11.1. The fourth-order valence-electron chi connectivity index (χ4n) is 2.97. The Hall–Kier alpha value is -1.69. The quantitative estimate of drug-likeness (QED) is 0.499. The first kappa shape index (κ1) is 24.6. The minimum atomic E-state index is -0.625. The van der Waals surface area contributed by atoms with Gasteiger partial charge >= 0.3 is 0 Å². The van der Waals surface area contributed by atoms with Gasteiger partial charge in [-0.3, -0.25) is 9.59 Å². The van der Waals surface area contributed by atoms with Crippen molar-refractivity contribution in [3.8, 4) is 0 Å². The lowest BCUT2D eigenvalue weighted by molar-refractivity contribution is -0.140. The fourth-order valence-corrected chi connectivity index (χ4v) is 4.29. The van der Waals surface area contributed by atoms with Crippen LogP contribution in [0.3, 0.4) is 0 Å². The molecule has 2 aromatic carbocycles. The molecule has 0 saturated carbocycles. The Labute approximate surface area is 193 Å². The molecule has 4 nitrogen and oxygen atoms in total. The maximum Gasteiger partial charge on any atom is 0.243 e. The van der Waals surface area contributed by atoms with Crippen molar-refractivity contribution in [2.24, 2.45) is 0 Å². The lowest BCUT2D eigenvalue weighted by atomic mass is 10.1. The van der Waals surface area contributed by atoms with E-state index in [9.17, 15) is 9.59 Å². The predicted molar refractivity (Wildman–Crippen MR) is 126 cm³/mol. The number of rotatable bonds is 8. The van der Waals surface area contributed by atoms with Gasteiger partial charge in [0, 0.05) is 32.6 Å². The minimum Gasteiger partial charge on any atom is -0.350 e. The van der Waals surface area contributed by atoms with Gasteiger partial charge in [0.25, 0.3) is 0 Å². The van der Waals surface area contributed by atoms with Crippen molar-refractivity contribution in [1.29, 1.82) is 0 Å². The summed E-state index contributed by atoms with van der Waals surface area (Å²) in [6.45, 7) is 7.81. The van der Waals surface area contributed by atoms with Crippen LogP contribution in [0, 0.1) is 0 Å². The van der Waals surface area contributed by atoms with Crippen molar-refractivity contribution < 1.29 is 9.59 Å². The van der Waals surface area contributed by atoms with Crippen LogP contribution in [0.4, 0.5) is 0 Å². The summed E-state index contributed by atoms with van der Waals surface area (Å²) in [7, 11) is 0. The normalized spacial score (nSPS) is 12.3. The molecule has 0 aliphatic carbocycles. The summed E-state index contributed by atoms with van der Waals surface area (Å²) in [5, 5.41) is 3.94.